The van der Waals surface area contributed by atoms with Crippen LogP contribution < -0.4 is 16.4 Å². The van der Waals surface area contributed by atoms with Crippen LogP contribution in [0.3, 0.4) is 0 Å². The molecule has 0 spiro atoms. The van der Waals surface area contributed by atoms with E-state index >= 15 is 0 Å². The lowest BCUT2D eigenvalue weighted by Gasteiger charge is -2.24. The monoisotopic (exact) mass is 404 g/mol. The van der Waals surface area contributed by atoms with Gasteiger partial charge in [-0.05, 0) is 62.4 Å². The molecule has 0 bridgehead atoms. The van der Waals surface area contributed by atoms with E-state index in [4.69, 9.17) is 28.9 Å². The first-order valence-corrected chi connectivity index (χ1v) is 9.99. The van der Waals surface area contributed by atoms with Gasteiger partial charge in [-0.3, -0.25) is 4.99 Å². The van der Waals surface area contributed by atoms with Gasteiger partial charge in [0.15, 0.2) is 0 Å². The van der Waals surface area contributed by atoms with E-state index in [0.29, 0.717) is 28.8 Å². The number of allylic oxidation sites excluding steroid dienone is 1. The fourth-order valence-corrected chi connectivity index (χ4v) is 3.86. The Hall–Kier alpha value is -1.89. The summed E-state index contributed by atoms with van der Waals surface area (Å²) in [5, 5.41) is 8.50. The highest BCUT2D eigenvalue weighted by molar-refractivity contribution is 6.69. The number of halogens is 2. The molecule has 0 unspecified atom stereocenters. The minimum atomic E-state index is 0.307. The maximum Gasteiger partial charge on any atom is 0.227 e. The van der Waals surface area contributed by atoms with Gasteiger partial charge in [-0.1, -0.05) is 23.2 Å². The lowest BCUT2D eigenvalue weighted by Crippen LogP contribution is -2.26. The van der Waals surface area contributed by atoms with E-state index in [1.807, 2.05) is 6.07 Å². The molecule has 2 heterocycles. The molecule has 2 aromatic rings. The molecule has 8 heteroatoms. The van der Waals surface area contributed by atoms with Crippen molar-refractivity contribution in [2.45, 2.75) is 37.6 Å². The minimum Gasteiger partial charge on any atom is -0.403 e. The van der Waals surface area contributed by atoms with Crippen LogP contribution in [-0.4, -0.2) is 34.3 Å². The summed E-state index contributed by atoms with van der Waals surface area (Å²) in [5.74, 6) is 0.885. The van der Waals surface area contributed by atoms with Crippen LogP contribution >= 0.6 is 23.2 Å². The van der Waals surface area contributed by atoms with E-state index in [-0.39, 0.29) is 0 Å². The zero-order valence-corrected chi connectivity index (χ0v) is 16.4. The van der Waals surface area contributed by atoms with Gasteiger partial charge in [0, 0.05) is 22.8 Å². The van der Waals surface area contributed by atoms with Gasteiger partial charge in [0.2, 0.25) is 5.95 Å². The number of nitrogens with two attached hydrogens (primary N) is 1. The maximum atomic E-state index is 6.53. The average molecular weight is 405 g/mol. The number of hydrogen-bond donors (Lipinski definition) is 3. The van der Waals surface area contributed by atoms with Crippen LogP contribution in [0.2, 0.25) is 5.02 Å². The zero-order valence-electron chi connectivity index (χ0n) is 14.9. The molecule has 2 fully saturated rings. The Labute approximate surface area is 168 Å². The summed E-state index contributed by atoms with van der Waals surface area (Å²) in [7, 11) is 0. The normalized spacial score (nSPS) is 19.5. The van der Waals surface area contributed by atoms with Gasteiger partial charge in [0.05, 0.1) is 17.3 Å². The third-order valence-corrected chi connectivity index (χ3v) is 5.58. The first kappa shape index (κ1) is 18.5. The van der Waals surface area contributed by atoms with Gasteiger partial charge in [0.1, 0.15) is 5.17 Å². The van der Waals surface area contributed by atoms with Crippen LogP contribution in [0, 0.1) is 0 Å². The van der Waals surface area contributed by atoms with Crippen LogP contribution in [0.25, 0.3) is 10.9 Å². The molecule has 2 aliphatic rings. The predicted octanol–water partition coefficient (Wildman–Crippen LogP) is 3.76. The molecule has 0 amide bonds. The standard InChI is InChI=1S/C19H22Cl2N6/c20-15-7-12-10-24-19(27-17(9-22)18(21)25-13-1-2-13)26-16(12)8-14(15)11-3-5-23-6-4-11/h7-11,13,23H,1-6,22H2,(H,24,26,27). The summed E-state index contributed by atoms with van der Waals surface area (Å²) in [6.45, 7) is 2.03. The number of nitrogens with one attached hydrogen (secondary N) is 2. The number of anilines is 1. The number of nitrogens with zero attached hydrogens (tertiary/aromatic N) is 3. The topological polar surface area (TPSA) is 88.2 Å². The van der Waals surface area contributed by atoms with Crippen molar-refractivity contribution in [1.82, 2.24) is 15.3 Å². The highest BCUT2D eigenvalue weighted by atomic mass is 35.5. The van der Waals surface area contributed by atoms with Gasteiger partial charge in [-0.2, -0.15) is 0 Å². The summed E-state index contributed by atoms with van der Waals surface area (Å²) in [5.41, 5.74) is 8.21. The molecule has 1 aromatic heterocycles. The van der Waals surface area contributed by atoms with E-state index in [1.54, 1.807) is 6.20 Å². The molecule has 0 atom stereocenters. The second-order valence-corrected chi connectivity index (χ2v) is 7.77. The fourth-order valence-electron chi connectivity index (χ4n) is 3.29. The van der Waals surface area contributed by atoms with Gasteiger partial charge in [-0.15, -0.1) is 0 Å². The van der Waals surface area contributed by atoms with Crippen molar-refractivity contribution >= 4 is 45.2 Å². The summed E-state index contributed by atoms with van der Waals surface area (Å²) < 4.78 is 0. The van der Waals surface area contributed by atoms with Gasteiger partial charge in [0.25, 0.3) is 0 Å². The number of aliphatic imine (C=N–C) groups is 1. The number of benzene rings is 1. The lowest BCUT2D eigenvalue weighted by molar-refractivity contribution is 0.461. The number of rotatable bonds is 5. The average Bonchev–Trinajstić information content (AvgIpc) is 3.50. The Bertz CT molecular complexity index is 900. The SMILES string of the molecule is NC=C(Nc1ncc2cc(Cl)c(C3CCNCC3)cc2n1)C(Cl)=NC1CC1. The van der Waals surface area contributed by atoms with E-state index in [9.17, 15) is 0 Å². The van der Waals surface area contributed by atoms with Gasteiger partial charge >= 0.3 is 0 Å². The van der Waals surface area contributed by atoms with Crippen molar-refractivity contribution in [3.8, 4) is 0 Å². The lowest BCUT2D eigenvalue weighted by atomic mass is 9.89. The Morgan fingerprint density at radius 1 is 1.26 bits per heavy atom. The van der Waals surface area contributed by atoms with Crippen LogP contribution in [-0.2, 0) is 0 Å². The van der Waals surface area contributed by atoms with E-state index in [2.05, 4.69) is 31.7 Å². The largest absolute Gasteiger partial charge is 0.403 e. The number of aromatic nitrogens is 2. The van der Waals surface area contributed by atoms with Crippen LogP contribution in [0.4, 0.5) is 5.95 Å². The molecule has 4 rings (SSSR count). The van der Waals surface area contributed by atoms with Crippen LogP contribution in [0.5, 0.6) is 0 Å². The smallest absolute Gasteiger partial charge is 0.227 e. The molecule has 27 heavy (non-hydrogen) atoms. The second-order valence-electron chi connectivity index (χ2n) is 7.01. The quantitative estimate of drug-likeness (QED) is 0.660. The van der Waals surface area contributed by atoms with Crippen molar-refractivity contribution in [3.05, 3.63) is 40.8 Å². The number of hydrogen-bond acceptors (Lipinski definition) is 6. The molecule has 1 aliphatic carbocycles. The van der Waals surface area contributed by atoms with Crippen molar-refractivity contribution < 1.29 is 0 Å². The third kappa shape index (κ3) is 4.34. The summed E-state index contributed by atoms with van der Waals surface area (Å²) >= 11 is 12.8. The summed E-state index contributed by atoms with van der Waals surface area (Å²) in [6, 6.07) is 4.33. The Morgan fingerprint density at radius 3 is 2.74 bits per heavy atom. The fraction of sp³-hybridized carbons (Fsp3) is 0.421. The minimum absolute atomic E-state index is 0.307. The Morgan fingerprint density at radius 2 is 2.04 bits per heavy atom. The highest BCUT2D eigenvalue weighted by Crippen LogP contribution is 2.34. The molecule has 1 aliphatic heterocycles. The van der Waals surface area contributed by atoms with Crippen molar-refractivity contribution in [1.29, 1.82) is 0 Å². The van der Waals surface area contributed by atoms with Crippen LogP contribution in [0.1, 0.15) is 37.2 Å². The summed E-state index contributed by atoms with van der Waals surface area (Å²) in [6.07, 6.45) is 7.44. The second kappa shape index (κ2) is 8.00. The first-order chi connectivity index (χ1) is 13.1. The molecule has 1 aromatic carbocycles. The summed E-state index contributed by atoms with van der Waals surface area (Å²) in [4.78, 5) is 13.4. The predicted molar refractivity (Wildman–Crippen MR) is 112 cm³/mol. The third-order valence-electron chi connectivity index (χ3n) is 4.96. The highest BCUT2D eigenvalue weighted by Gasteiger charge is 2.22. The van der Waals surface area contributed by atoms with Gasteiger partial charge < -0.3 is 16.4 Å². The Balaban J connectivity index is 1.61. The molecule has 0 radical (unpaired) electrons. The molecular formula is C19H22Cl2N6. The zero-order chi connectivity index (χ0) is 18.8. The molecular weight excluding hydrogens is 383 g/mol. The van der Waals surface area contributed by atoms with Crippen molar-refractivity contribution in [2.24, 2.45) is 10.7 Å². The first-order valence-electron chi connectivity index (χ1n) is 9.23. The van der Waals surface area contributed by atoms with Crippen molar-refractivity contribution in [2.75, 3.05) is 18.4 Å². The number of piperidine rings is 1. The molecule has 6 nitrogen and oxygen atoms in total. The van der Waals surface area contributed by atoms with E-state index < -0.39 is 0 Å². The maximum absolute atomic E-state index is 6.53. The molecule has 142 valence electrons. The molecule has 1 saturated heterocycles. The molecule has 4 N–H and O–H groups in total. The van der Waals surface area contributed by atoms with Crippen molar-refractivity contribution in [3.63, 3.8) is 0 Å². The van der Waals surface area contributed by atoms with E-state index in [0.717, 1.165) is 60.3 Å². The van der Waals surface area contributed by atoms with E-state index in [1.165, 1.54) is 6.20 Å². The number of fused-ring (bicyclic) bond motifs is 1. The molecule has 1 saturated carbocycles. The van der Waals surface area contributed by atoms with Gasteiger partial charge in [-0.25, -0.2) is 9.97 Å². The van der Waals surface area contributed by atoms with Crippen LogP contribution in [0.15, 0.2) is 35.2 Å². The Kier molecular flexibility index (Phi) is 5.48.